The number of hydrogen-bond acceptors (Lipinski definition) is 1. The van der Waals surface area contributed by atoms with E-state index in [1.165, 1.54) is 50.2 Å². The molecule has 0 heterocycles. The van der Waals surface area contributed by atoms with E-state index in [-0.39, 0.29) is 0 Å². The molecule has 0 N–H and O–H groups in total. The topological polar surface area (TPSA) is 3.24 Å². The summed E-state index contributed by atoms with van der Waals surface area (Å²) in [5.41, 5.74) is 12.7. The van der Waals surface area contributed by atoms with Gasteiger partial charge in [-0.25, -0.2) is 0 Å². The Labute approximate surface area is 271 Å². The van der Waals surface area contributed by atoms with Gasteiger partial charge < -0.3 is 4.90 Å². The Hall–Kier alpha value is -5.92. The van der Waals surface area contributed by atoms with E-state index in [9.17, 15) is 0 Å². The molecule has 0 aromatic heterocycles. The molecule has 0 saturated carbocycles. The van der Waals surface area contributed by atoms with Crippen molar-refractivity contribution >= 4 is 17.5 Å². The second-order valence-corrected chi connectivity index (χ2v) is 11.8. The van der Waals surface area contributed by atoms with Crippen molar-refractivity contribution in [1.82, 2.24) is 0 Å². The zero-order valence-corrected chi connectivity index (χ0v) is 25.5. The highest BCUT2D eigenvalue weighted by molar-refractivity contribution is 5.86. The summed E-state index contributed by atoms with van der Waals surface area (Å²) >= 11 is 0. The fourth-order valence-corrected chi connectivity index (χ4v) is 7.03. The van der Waals surface area contributed by atoms with Crippen LogP contribution in [0, 0.1) is 0 Å². The Morgan fingerprint density at radius 2 is 0.696 bits per heavy atom. The third kappa shape index (κ3) is 4.74. The predicted molar refractivity (Wildman–Crippen MR) is 193 cm³/mol. The van der Waals surface area contributed by atoms with Gasteiger partial charge in [0, 0.05) is 17.1 Å². The molecule has 0 radical (unpaired) electrons. The lowest BCUT2D eigenvalue weighted by molar-refractivity contribution is 0.725. The number of nitrogens with zero attached hydrogens (tertiary/aromatic N) is 1. The zero-order valence-electron chi connectivity index (χ0n) is 25.5. The summed E-state index contributed by atoms with van der Waals surface area (Å²) in [4.78, 5) is 2.46. The maximum Gasteiger partial charge on any atom is 0.0863 e. The summed E-state index contributed by atoms with van der Waals surface area (Å²) in [6, 6.07) is 70.0. The molecule has 46 heavy (non-hydrogen) atoms. The monoisotopic (exact) mass is 587 g/mol. The smallest absolute Gasteiger partial charge is 0.0863 e. The van der Waals surface area contributed by atoms with Crippen LogP contribution in [-0.4, -0.2) is 0 Å². The van der Waals surface area contributed by atoms with Crippen molar-refractivity contribution in [3.8, 4) is 22.3 Å². The van der Waals surface area contributed by atoms with E-state index in [2.05, 4.69) is 205 Å². The first-order valence-electron chi connectivity index (χ1n) is 15.9. The van der Waals surface area contributed by atoms with E-state index in [0.717, 1.165) is 11.4 Å². The van der Waals surface area contributed by atoms with Gasteiger partial charge in [0.25, 0.3) is 0 Å². The molecular formula is C45H33N. The average molecular weight is 588 g/mol. The minimum atomic E-state index is -0.532. The fraction of sp³-hybridized carbons (Fsp3) is 0.0222. The quantitative estimate of drug-likeness (QED) is 0.179. The van der Waals surface area contributed by atoms with Gasteiger partial charge in [-0.2, -0.15) is 0 Å². The van der Waals surface area contributed by atoms with Crippen LogP contribution < -0.4 is 4.90 Å². The first kappa shape index (κ1) is 27.6. The molecule has 7 aromatic carbocycles. The van der Waals surface area contributed by atoms with E-state index in [1.54, 1.807) is 0 Å². The van der Waals surface area contributed by atoms with Gasteiger partial charge in [-0.1, -0.05) is 170 Å². The lowest BCUT2D eigenvalue weighted by Crippen LogP contribution is -2.37. The molecule has 1 heteroatoms. The molecule has 1 nitrogen and oxygen atoms in total. The summed E-state index contributed by atoms with van der Waals surface area (Å²) in [6.07, 6.45) is 2.39. The number of rotatable bonds is 7. The number of fused-ring (bicyclic) bond motifs is 1. The van der Waals surface area contributed by atoms with Gasteiger partial charge in [-0.15, -0.1) is 0 Å². The standard InChI is InChI=1S/C45H33N/c1-5-15-34(16-6-1)36-25-29-41(30-26-36)46(42-31-27-37(28-32-42)35-17-7-2-8-18-35)44-33-38-19-13-14-24-43(38)45(44,39-20-9-3-10-21-39)40-22-11-4-12-23-40/h1-33H. The van der Waals surface area contributed by atoms with Crippen molar-refractivity contribution in [1.29, 1.82) is 0 Å². The molecule has 0 amide bonds. The van der Waals surface area contributed by atoms with Crippen LogP contribution in [0.3, 0.4) is 0 Å². The molecular weight excluding hydrogens is 555 g/mol. The molecule has 218 valence electrons. The first-order chi connectivity index (χ1) is 22.8. The van der Waals surface area contributed by atoms with Gasteiger partial charge in [0.05, 0.1) is 5.41 Å². The van der Waals surface area contributed by atoms with Crippen molar-refractivity contribution in [2.24, 2.45) is 0 Å². The SMILES string of the molecule is C1=C(N(c2ccc(-c3ccccc3)cc2)c2ccc(-c3ccccc3)cc2)C(c2ccccc2)(c2ccccc2)c2ccccc21. The van der Waals surface area contributed by atoms with Crippen molar-refractivity contribution < 1.29 is 0 Å². The highest BCUT2D eigenvalue weighted by Crippen LogP contribution is 2.54. The lowest BCUT2D eigenvalue weighted by atomic mass is 9.68. The second kappa shape index (κ2) is 11.9. The molecule has 1 aliphatic carbocycles. The van der Waals surface area contributed by atoms with E-state index < -0.39 is 5.41 Å². The van der Waals surface area contributed by atoms with Gasteiger partial charge in [0.15, 0.2) is 0 Å². The molecule has 0 bridgehead atoms. The summed E-state index contributed by atoms with van der Waals surface area (Å²) in [5.74, 6) is 0. The summed E-state index contributed by atoms with van der Waals surface area (Å²) < 4.78 is 0. The van der Waals surface area contributed by atoms with E-state index in [0.29, 0.717) is 0 Å². The molecule has 0 spiro atoms. The highest BCUT2D eigenvalue weighted by Gasteiger charge is 2.47. The summed E-state index contributed by atoms with van der Waals surface area (Å²) in [7, 11) is 0. The molecule has 0 aliphatic heterocycles. The van der Waals surface area contributed by atoms with Crippen LogP contribution >= 0.6 is 0 Å². The molecule has 0 atom stereocenters. The van der Waals surface area contributed by atoms with Crippen LogP contribution in [0.4, 0.5) is 11.4 Å². The minimum Gasteiger partial charge on any atom is -0.313 e. The van der Waals surface area contributed by atoms with Crippen molar-refractivity contribution in [2.75, 3.05) is 4.90 Å². The Kier molecular flexibility index (Phi) is 7.13. The van der Waals surface area contributed by atoms with Gasteiger partial charge in [-0.05, 0) is 74.8 Å². The van der Waals surface area contributed by atoms with Gasteiger partial charge in [0.1, 0.15) is 0 Å². The Bertz CT molecular complexity index is 1970. The van der Waals surface area contributed by atoms with E-state index in [1.807, 2.05) is 0 Å². The minimum absolute atomic E-state index is 0.532. The van der Waals surface area contributed by atoms with Crippen LogP contribution in [0.15, 0.2) is 200 Å². The third-order valence-corrected chi connectivity index (χ3v) is 9.16. The van der Waals surface area contributed by atoms with Gasteiger partial charge in [-0.3, -0.25) is 0 Å². The summed E-state index contributed by atoms with van der Waals surface area (Å²) in [5, 5.41) is 0. The maximum absolute atomic E-state index is 2.46. The zero-order chi connectivity index (χ0) is 30.8. The molecule has 1 aliphatic rings. The fourth-order valence-electron chi connectivity index (χ4n) is 7.03. The number of benzene rings is 7. The Balaban J connectivity index is 1.37. The number of anilines is 2. The van der Waals surface area contributed by atoms with Crippen LogP contribution in [0.25, 0.3) is 28.3 Å². The van der Waals surface area contributed by atoms with Gasteiger partial charge >= 0.3 is 0 Å². The molecule has 8 rings (SSSR count). The van der Waals surface area contributed by atoms with E-state index >= 15 is 0 Å². The Morgan fingerprint density at radius 3 is 1.15 bits per heavy atom. The van der Waals surface area contributed by atoms with Crippen molar-refractivity contribution in [3.63, 3.8) is 0 Å². The molecule has 7 aromatic rings. The summed E-state index contributed by atoms with van der Waals surface area (Å²) in [6.45, 7) is 0. The predicted octanol–water partition coefficient (Wildman–Crippen LogP) is 11.5. The van der Waals surface area contributed by atoms with Crippen LogP contribution in [0.5, 0.6) is 0 Å². The van der Waals surface area contributed by atoms with Crippen LogP contribution in [0.1, 0.15) is 22.3 Å². The first-order valence-corrected chi connectivity index (χ1v) is 15.9. The highest BCUT2D eigenvalue weighted by atomic mass is 15.2. The van der Waals surface area contributed by atoms with Crippen molar-refractivity contribution in [3.05, 3.63) is 222 Å². The maximum atomic E-state index is 2.46. The van der Waals surface area contributed by atoms with Crippen LogP contribution in [-0.2, 0) is 5.41 Å². The molecule has 0 fully saturated rings. The molecule has 0 saturated heterocycles. The average Bonchev–Trinajstić information content (AvgIpc) is 3.49. The normalized spacial score (nSPS) is 13.1. The molecule has 0 unspecified atom stereocenters. The van der Waals surface area contributed by atoms with Crippen LogP contribution in [0.2, 0.25) is 0 Å². The van der Waals surface area contributed by atoms with E-state index in [4.69, 9.17) is 0 Å². The lowest BCUT2D eigenvalue weighted by Gasteiger charge is -2.41. The number of allylic oxidation sites excluding steroid dienone is 1. The van der Waals surface area contributed by atoms with Crippen molar-refractivity contribution in [2.45, 2.75) is 5.41 Å². The van der Waals surface area contributed by atoms with Gasteiger partial charge in [0.2, 0.25) is 0 Å². The Morgan fingerprint density at radius 1 is 0.326 bits per heavy atom. The number of hydrogen-bond donors (Lipinski definition) is 0. The second-order valence-electron chi connectivity index (χ2n) is 11.8. The third-order valence-electron chi connectivity index (χ3n) is 9.16. The largest absolute Gasteiger partial charge is 0.313 e.